The van der Waals surface area contributed by atoms with Gasteiger partial charge in [0.2, 0.25) is 0 Å². The Kier molecular flexibility index (Phi) is 5.20. The van der Waals surface area contributed by atoms with Crippen molar-refractivity contribution in [1.29, 1.82) is 0 Å². The van der Waals surface area contributed by atoms with E-state index < -0.39 is 9.84 Å². The molecule has 2 N–H and O–H groups in total. The van der Waals surface area contributed by atoms with Gasteiger partial charge in [0.1, 0.15) is 0 Å². The molecule has 1 aliphatic rings. The Hall–Kier alpha value is -2.18. The summed E-state index contributed by atoms with van der Waals surface area (Å²) in [5.74, 6) is -0.340. The first-order valence-corrected chi connectivity index (χ1v) is 10.0. The Morgan fingerprint density at radius 2 is 1.76 bits per heavy atom. The molecule has 1 amide bonds. The third kappa shape index (κ3) is 4.08. The molecule has 6 heteroatoms. The van der Waals surface area contributed by atoms with Gasteiger partial charge in [-0.25, -0.2) is 8.42 Å². The van der Waals surface area contributed by atoms with Gasteiger partial charge in [0, 0.05) is 24.7 Å². The van der Waals surface area contributed by atoms with Crippen LogP contribution in [0.3, 0.4) is 0 Å². The Bertz CT molecular complexity index is 850. The van der Waals surface area contributed by atoms with Gasteiger partial charge in [-0.15, -0.1) is 0 Å². The Balaban J connectivity index is 1.87. The van der Waals surface area contributed by atoms with Gasteiger partial charge in [0.05, 0.1) is 10.6 Å². The van der Waals surface area contributed by atoms with Gasteiger partial charge >= 0.3 is 0 Å². The number of likely N-dealkylation sites (tertiary alicyclic amines) is 1. The van der Waals surface area contributed by atoms with Gasteiger partial charge in [-0.3, -0.25) is 4.79 Å². The van der Waals surface area contributed by atoms with Crippen LogP contribution < -0.4 is 5.73 Å². The van der Waals surface area contributed by atoms with Crippen molar-refractivity contribution in [2.75, 3.05) is 13.1 Å². The number of nitrogens with zero attached hydrogens (tertiary/aromatic N) is 1. The van der Waals surface area contributed by atoms with Crippen molar-refractivity contribution >= 4 is 15.7 Å². The summed E-state index contributed by atoms with van der Waals surface area (Å²) in [6.07, 6.45) is 1.78. The SMILES string of the molecule is N[C@@H]1CCCN(C(=O)c2ccccc2CS(=O)(=O)c2ccccc2)C1. The van der Waals surface area contributed by atoms with Gasteiger partial charge in [0.25, 0.3) is 5.91 Å². The first-order valence-electron chi connectivity index (χ1n) is 8.38. The molecule has 0 saturated carbocycles. The van der Waals surface area contributed by atoms with Gasteiger partial charge in [-0.2, -0.15) is 0 Å². The zero-order valence-corrected chi connectivity index (χ0v) is 14.8. The molecule has 0 spiro atoms. The average molecular weight is 358 g/mol. The van der Waals surface area contributed by atoms with Crippen molar-refractivity contribution in [2.24, 2.45) is 5.73 Å². The smallest absolute Gasteiger partial charge is 0.254 e. The molecule has 1 atom stereocenters. The summed E-state index contributed by atoms with van der Waals surface area (Å²) < 4.78 is 25.3. The number of benzene rings is 2. The summed E-state index contributed by atoms with van der Waals surface area (Å²) in [7, 11) is -3.51. The molecule has 3 rings (SSSR count). The second-order valence-electron chi connectivity index (χ2n) is 6.38. The fourth-order valence-electron chi connectivity index (χ4n) is 3.14. The molecule has 5 nitrogen and oxygen atoms in total. The predicted molar refractivity (Wildman–Crippen MR) is 96.9 cm³/mol. The minimum Gasteiger partial charge on any atom is -0.337 e. The van der Waals surface area contributed by atoms with Crippen LogP contribution in [-0.2, 0) is 15.6 Å². The molecular weight excluding hydrogens is 336 g/mol. The fraction of sp³-hybridized carbons (Fsp3) is 0.316. The highest BCUT2D eigenvalue weighted by Gasteiger charge is 2.25. The quantitative estimate of drug-likeness (QED) is 0.909. The molecule has 1 saturated heterocycles. The number of sulfone groups is 1. The van der Waals surface area contributed by atoms with E-state index in [1.165, 1.54) is 0 Å². The van der Waals surface area contributed by atoms with Crippen molar-refractivity contribution in [1.82, 2.24) is 4.90 Å². The zero-order valence-electron chi connectivity index (χ0n) is 14.0. The summed E-state index contributed by atoms with van der Waals surface area (Å²) in [5, 5.41) is 0. The second kappa shape index (κ2) is 7.37. The van der Waals surface area contributed by atoms with Crippen LogP contribution >= 0.6 is 0 Å². The predicted octanol–water partition coefficient (Wildman–Crippen LogP) is 2.22. The van der Waals surface area contributed by atoms with Crippen LogP contribution in [-0.4, -0.2) is 38.4 Å². The number of amides is 1. The zero-order chi connectivity index (χ0) is 17.9. The number of hydrogen-bond acceptors (Lipinski definition) is 4. The van der Waals surface area contributed by atoms with Crippen molar-refractivity contribution in [3.05, 3.63) is 65.7 Å². The number of rotatable bonds is 4. The maximum absolute atomic E-state index is 12.9. The van der Waals surface area contributed by atoms with E-state index in [9.17, 15) is 13.2 Å². The fourth-order valence-corrected chi connectivity index (χ4v) is 4.54. The van der Waals surface area contributed by atoms with Crippen LogP contribution in [0.25, 0.3) is 0 Å². The van der Waals surface area contributed by atoms with Crippen molar-refractivity contribution in [3.8, 4) is 0 Å². The van der Waals surface area contributed by atoms with Crippen LogP contribution in [0.15, 0.2) is 59.5 Å². The number of carbonyl (C=O) groups excluding carboxylic acids is 1. The number of nitrogens with two attached hydrogens (primary N) is 1. The van der Waals surface area contributed by atoms with E-state index >= 15 is 0 Å². The van der Waals surface area contributed by atoms with Gasteiger partial charge < -0.3 is 10.6 Å². The average Bonchev–Trinajstić information content (AvgIpc) is 2.62. The maximum atomic E-state index is 12.9. The first-order chi connectivity index (χ1) is 12.0. The molecule has 1 heterocycles. The lowest BCUT2D eigenvalue weighted by molar-refractivity contribution is 0.0708. The van der Waals surface area contributed by atoms with Crippen LogP contribution in [0.4, 0.5) is 0 Å². The Morgan fingerprint density at radius 1 is 1.08 bits per heavy atom. The topological polar surface area (TPSA) is 80.5 Å². The van der Waals surface area contributed by atoms with Crippen molar-refractivity contribution in [3.63, 3.8) is 0 Å². The molecular formula is C19H22N2O3S. The normalized spacial score (nSPS) is 18.1. The first kappa shape index (κ1) is 17.6. The molecule has 132 valence electrons. The van der Waals surface area contributed by atoms with E-state index in [2.05, 4.69) is 0 Å². The third-order valence-corrected chi connectivity index (χ3v) is 6.12. The number of piperidine rings is 1. The van der Waals surface area contributed by atoms with Gasteiger partial charge in [0.15, 0.2) is 9.84 Å². The molecule has 0 unspecified atom stereocenters. The minimum absolute atomic E-state index is 0.0158. The third-order valence-electron chi connectivity index (χ3n) is 4.44. The van der Waals surface area contributed by atoms with E-state index in [0.717, 1.165) is 12.8 Å². The molecule has 1 fully saturated rings. The highest BCUT2D eigenvalue weighted by atomic mass is 32.2. The molecule has 0 radical (unpaired) electrons. The van der Waals surface area contributed by atoms with E-state index in [1.54, 1.807) is 59.5 Å². The maximum Gasteiger partial charge on any atom is 0.254 e. The molecule has 0 aliphatic carbocycles. The Labute approximate surface area is 148 Å². The number of carbonyl (C=O) groups is 1. The highest BCUT2D eigenvalue weighted by Crippen LogP contribution is 2.21. The highest BCUT2D eigenvalue weighted by molar-refractivity contribution is 7.90. The van der Waals surface area contributed by atoms with Crippen LogP contribution in [0.5, 0.6) is 0 Å². The van der Waals surface area contributed by atoms with Gasteiger partial charge in [-0.1, -0.05) is 36.4 Å². The summed E-state index contributed by atoms with van der Waals surface area (Å²) in [6.45, 7) is 1.17. The lowest BCUT2D eigenvalue weighted by Gasteiger charge is -2.31. The largest absolute Gasteiger partial charge is 0.337 e. The van der Waals surface area contributed by atoms with E-state index in [-0.39, 0.29) is 22.6 Å². The lowest BCUT2D eigenvalue weighted by Crippen LogP contribution is -2.45. The molecule has 2 aromatic carbocycles. The van der Waals surface area contributed by atoms with E-state index in [4.69, 9.17) is 5.73 Å². The monoisotopic (exact) mass is 358 g/mol. The second-order valence-corrected chi connectivity index (χ2v) is 8.37. The summed E-state index contributed by atoms with van der Waals surface area (Å²) in [5.41, 5.74) is 6.93. The minimum atomic E-state index is -3.51. The molecule has 2 aromatic rings. The van der Waals surface area contributed by atoms with Gasteiger partial charge in [-0.05, 0) is 36.6 Å². The van der Waals surface area contributed by atoms with Crippen molar-refractivity contribution < 1.29 is 13.2 Å². The lowest BCUT2D eigenvalue weighted by atomic mass is 10.0. The molecule has 0 aromatic heterocycles. The van der Waals surface area contributed by atoms with Crippen LogP contribution in [0.1, 0.15) is 28.8 Å². The van der Waals surface area contributed by atoms with E-state index in [0.29, 0.717) is 24.2 Å². The standard InChI is InChI=1S/C19H22N2O3S/c20-16-8-6-12-21(13-16)19(22)18-11-5-4-7-15(18)14-25(23,24)17-9-2-1-3-10-17/h1-5,7,9-11,16H,6,8,12-14,20H2/t16-/m1/s1. The van der Waals surface area contributed by atoms with Crippen LogP contribution in [0.2, 0.25) is 0 Å². The number of hydrogen-bond donors (Lipinski definition) is 1. The summed E-state index contributed by atoms with van der Waals surface area (Å²) in [6, 6.07) is 15.2. The van der Waals surface area contributed by atoms with E-state index in [1.807, 2.05) is 0 Å². The molecule has 25 heavy (non-hydrogen) atoms. The Morgan fingerprint density at radius 3 is 2.48 bits per heavy atom. The summed E-state index contributed by atoms with van der Waals surface area (Å²) in [4.78, 5) is 14.8. The molecule has 1 aliphatic heterocycles. The van der Waals surface area contributed by atoms with Crippen molar-refractivity contribution in [2.45, 2.75) is 29.5 Å². The summed E-state index contributed by atoms with van der Waals surface area (Å²) >= 11 is 0. The molecule has 0 bridgehead atoms. The van der Waals surface area contributed by atoms with Crippen LogP contribution in [0, 0.1) is 0 Å².